The van der Waals surface area contributed by atoms with Crippen LogP contribution in [-0.4, -0.2) is 28.4 Å². The average molecular weight is 345 g/mol. The Balaban J connectivity index is 3.21. The Hall–Kier alpha value is -0.640. The fourth-order valence-electron chi connectivity index (χ4n) is 2.09. The second-order valence-corrected chi connectivity index (χ2v) is 11.9. The van der Waals surface area contributed by atoms with Crippen molar-refractivity contribution in [1.82, 2.24) is 4.72 Å². The van der Waals surface area contributed by atoms with Crippen molar-refractivity contribution < 1.29 is 13.5 Å². The molecule has 1 rings (SSSR count). The lowest BCUT2D eigenvalue weighted by molar-refractivity contribution is 0.414. The van der Waals surface area contributed by atoms with Gasteiger partial charge >= 0.3 is 0 Å². The van der Waals surface area contributed by atoms with Gasteiger partial charge in [0.25, 0.3) is 0 Å². The SMILES string of the molecule is CCP(=O)(CC)[C@@H](N[S@@](=O)C(C)(C)C)c1ccc(OC)cc1. The minimum absolute atomic E-state index is 0.395. The number of benzene rings is 1. The van der Waals surface area contributed by atoms with Crippen molar-refractivity contribution in [1.29, 1.82) is 0 Å². The molecule has 0 aliphatic rings. The van der Waals surface area contributed by atoms with E-state index in [1.54, 1.807) is 7.11 Å². The summed E-state index contributed by atoms with van der Waals surface area (Å²) in [6.45, 7) is 9.59. The minimum atomic E-state index is -2.51. The first-order valence-corrected chi connectivity index (χ1v) is 10.9. The highest BCUT2D eigenvalue weighted by atomic mass is 32.2. The van der Waals surface area contributed by atoms with Crippen molar-refractivity contribution in [3.63, 3.8) is 0 Å². The molecule has 1 N–H and O–H groups in total. The summed E-state index contributed by atoms with van der Waals surface area (Å²) in [5.41, 5.74) is 0.894. The zero-order chi connectivity index (χ0) is 17.0. The Morgan fingerprint density at radius 3 is 2.05 bits per heavy atom. The van der Waals surface area contributed by atoms with E-state index in [2.05, 4.69) is 4.72 Å². The Kier molecular flexibility index (Phi) is 6.84. The molecule has 1 aromatic carbocycles. The van der Waals surface area contributed by atoms with Crippen molar-refractivity contribution in [3.05, 3.63) is 29.8 Å². The molecule has 0 heterocycles. The molecular weight excluding hydrogens is 317 g/mol. The lowest BCUT2D eigenvalue weighted by Crippen LogP contribution is -2.36. The van der Waals surface area contributed by atoms with Crippen molar-refractivity contribution in [2.45, 2.75) is 45.1 Å². The van der Waals surface area contributed by atoms with Gasteiger partial charge in [-0.1, -0.05) is 26.0 Å². The van der Waals surface area contributed by atoms with Gasteiger partial charge in [0, 0.05) is 0 Å². The van der Waals surface area contributed by atoms with E-state index < -0.39 is 28.7 Å². The van der Waals surface area contributed by atoms with Gasteiger partial charge in [0.15, 0.2) is 0 Å². The summed E-state index contributed by atoms with van der Waals surface area (Å²) in [6, 6.07) is 7.49. The van der Waals surface area contributed by atoms with Crippen LogP contribution in [0.25, 0.3) is 0 Å². The normalized spacial score (nSPS) is 15.4. The van der Waals surface area contributed by atoms with Crippen LogP contribution in [-0.2, 0) is 15.6 Å². The van der Waals surface area contributed by atoms with Crippen LogP contribution in [0.5, 0.6) is 5.75 Å². The molecule has 0 saturated carbocycles. The molecule has 0 aliphatic carbocycles. The maximum absolute atomic E-state index is 13.2. The number of hydrogen-bond acceptors (Lipinski definition) is 3. The summed E-state index contributed by atoms with van der Waals surface area (Å²) in [7, 11) is -2.17. The maximum atomic E-state index is 13.2. The molecule has 6 heteroatoms. The number of rotatable bonds is 7. The van der Waals surface area contributed by atoms with Gasteiger partial charge in [0.2, 0.25) is 0 Å². The lowest BCUT2D eigenvalue weighted by Gasteiger charge is -2.30. The zero-order valence-corrected chi connectivity index (χ0v) is 16.1. The molecule has 126 valence electrons. The van der Waals surface area contributed by atoms with E-state index in [1.807, 2.05) is 58.9 Å². The molecule has 22 heavy (non-hydrogen) atoms. The van der Waals surface area contributed by atoms with Crippen LogP contribution < -0.4 is 9.46 Å². The lowest BCUT2D eigenvalue weighted by atomic mass is 10.2. The van der Waals surface area contributed by atoms with Gasteiger partial charge in [-0.2, -0.15) is 0 Å². The topological polar surface area (TPSA) is 55.4 Å². The molecule has 0 spiro atoms. The first kappa shape index (κ1) is 19.4. The summed E-state index contributed by atoms with van der Waals surface area (Å²) in [5.74, 6) is 0.357. The molecule has 1 aromatic rings. The number of ether oxygens (including phenoxy) is 1. The number of nitrogens with one attached hydrogen (secondary N) is 1. The summed E-state index contributed by atoms with van der Waals surface area (Å²) in [6.07, 6.45) is 1.16. The van der Waals surface area contributed by atoms with Crippen LogP contribution in [0.15, 0.2) is 24.3 Å². The second-order valence-electron chi connectivity index (χ2n) is 6.26. The molecule has 0 aromatic heterocycles. The average Bonchev–Trinajstić information content (AvgIpc) is 2.50. The Bertz CT molecular complexity index is 544. The maximum Gasteiger partial charge on any atom is 0.118 e. The van der Waals surface area contributed by atoms with Crippen LogP contribution in [0.3, 0.4) is 0 Å². The minimum Gasteiger partial charge on any atom is -0.497 e. The summed E-state index contributed by atoms with van der Waals surface area (Å²) in [5, 5.41) is 0. The highest BCUT2D eigenvalue weighted by Gasteiger charge is 2.34. The molecule has 0 bridgehead atoms. The molecular formula is C16H28NO3PS. The van der Waals surface area contributed by atoms with E-state index in [0.29, 0.717) is 12.3 Å². The Morgan fingerprint density at radius 1 is 1.18 bits per heavy atom. The van der Waals surface area contributed by atoms with Crippen LogP contribution in [0.4, 0.5) is 0 Å². The molecule has 0 unspecified atom stereocenters. The fraction of sp³-hybridized carbons (Fsp3) is 0.625. The predicted molar refractivity (Wildman–Crippen MR) is 95.5 cm³/mol. The number of methoxy groups -OCH3 is 1. The first-order valence-electron chi connectivity index (χ1n) is 7.57. The number of hydrogen-bond donors (Lipinski definition) is 1. The Morgan fingerprint density at radius 2 is 1.68 bits per heavy atom. The van der Waals surface area contributed by atoms with Crippen molar-refractivity contribution >= 4 is 18.1 Å². The van der Waals surface area contributed by atoms with E-state index in [0.717, 1.165) is 11.3 Å². The fourth-order valence-corrected chi connectivity index (χ4v) is 5.73. The van der Waals surface area contributed by atoms with Gasteiger partial charge in [-0.3, -0.25) is 0 Å². The van der Waals surface area contributed by atoms with E-state index in [-0.39, 0.29) is 0 Å². The van der Waals surface area contributed by atoms with Crippen molar-refractivity contribution in [2.24, 2.45) is 0 Å². The molecule has 0 fully saturated rings. The van der Waals surface area contributed by atoms with Crippen molar-refractivity contribution in [3.8, 4) is 5.75 Å². The van der Waals surface area contributed by atoms with Gasteiger partial charge in [0.05, 0.1) is 28.6 Å². The monoisotopic (exact) mass is 345 g/mol. The highest BCUT2D eigenvalue weighted by molar-refractivity contribution is 7.85. The summed E-state index contributed by atoms with van der Waals surface area (Å²) >= 11 is 0. The van der Waals surface area contributed by atoms with E-state index in [9.17, 15) is 8.77 Å². The van der Waals surface area contributed by atoms with Crippen molar-refractivity contribution in [2.75, 3.05) is 19.4 Å². The Labute approximate surface area is 137 Å². The highest BCUT2D eigenvalue weighted by Crippen LogP contribution is 2.57. The van der Waals surface area contributed by atoms with Gasteiger partial charge < -0.3 is 9.30 Å². The van der Waals surface area contributed by atoms with E-state index in [1.165, 1.54) is 0 Å². The zero-order valence-electron chi connectivity index (χ0n) is 14.4. The third-order valence-electron chi connectivity index (χ3n) is 3.75. The third-order valence-corrected chi connectivity index (χ3v) is 8.99. The van der Waals surface area contributed by atoms with Gasteiger partial charge in [-0.25, -0.2) is 8.93 Å². The summed E-state index contributed by atoms with van der Waals surface area (Å²) < 4.78 is 33.6. The molecule has 0 aliphatic heterocycles. The largest absolute Gasteiger partial charge is 0.497 e. The first-order chi connectivity index (χ1) is 10.2. The molecule has 4 nitrogen and oxygen atoms in total. The molecule has 2 atom stereocenters. The predicted octanol–water partition coefficient (Wildman–Crippen LogP) is 4.15. The van der Waals surface area contributed by atoms with Gasteiger partial charge in [-0.05, 0) is 50.8 Å². The van der Waals surface area contributed by atoms with Crippen LogP contribution >= 0.6 is 7.14 Å². The molecule has 0 saturated heterocycles. The molecule has 0 radical (unpaired) electrons. The third kappa shape index (κ3) is 4.68. The smallest absolute Gasteiger partial charge is 0.118 e. The van der Waals surface area contributed by atoms with Crippen LogP contribution in [0, 0.1) is 0 Å². The van der Waals surface area contributed by atoms with Crippen LogP contribution in [0.2, 0.25) is 0 Å². The van der Waals surface area contributed by atoms with E-state index in [4.69, 9.17) is 4.74 Å². The van der Waals surface area contributed by atoms with E-state index >= 15 is 0 Å². The van der Waals surface area contributed by atoms with Crippen LogP contribution in [0.1, 0.15) is 46.0 Å². The quantitative estimate of drug-likeness (QED) is 0.755. The molecule has 0 amide bonds. The summed E-state index contributed by atoms with van der Waals surface area (Å²) in [4.78, 5) is 0. The van der Waals surface area contributed by atoms with Gasteiger partial charge in [0.1, 0.15) is 12.9 Å². The van der Waals surface area contributed by atoms with Gasteiger partial charge in [-0.15, -0.1) is 0 Å². The second kappa shape index (κ2) is 7.76. The standard InChI is InChI=1S/C16H28NO3PS/c1-7-21(18,8-2)15(17-22(19)16(3,4)5)13-9-11-14(20-6)12-10-13/h9-12,15,17H,7-8H2,1-6H3/t15-,22+/m1/s1.